The fourth-order valence-corrected chi connectivity index (χ4v) is 2.09. The van der Waals surface area contributed by atoms with E-state index in [1.165, 1.54) is 0 Å². The van der Waals surface area contributed by atoms with Crippen molar-refractivity contribution in [2.75, 3.05) is 38.5 Å². The van der Waals surface area contributed by atoms with Crippen LogP contribution in [0.3, 0.4) is 0 Å². The number of carbonyl (C=O) groups excluding carboxylic acids is 1. The zero-order valence-electron chi connectivity index (χ0n) is 11.7. The predicted octanol–water partition coefficient (Wildman–Crippen LogP) is 1.18. The van der Waals surface area contributed by atoms with Gasteiger partial charge in [-0.15, -0.1) is 0 Å². The first kappa shape index (κ1) is 13.8. The average Bonchev–Trinajstić information content (AvgIpc) is 2.41. The van der Waals surface area contributed by atoms with E-state index in [1.54, 1.807) is 4.90 Å². The Hall–Kier alpha value is -1.62. The fourth-order valence-electron chi connectivity index (χ4n) is 2.09. The normalized spacial score (nSPS) is 16.7. The molecule has 0 spiro atoms. The van der Waals surface area contributed by atoms with Crippen molar-refractivity contribution in [2.45, 2.75) is 19.9 Å². The average molecular weight is 262 g/mol. The Balaban J connectivity index is 1.93. The second-order valence-electron chi connectivity index (χ2n) is 4.97. The number of carbonyl (C=O) groups is 1. The van der Waals surface area contributed by atoms with Crippen molar-refractivity contribution in [1.29, 1.82) is 0 Å². The zero-order valence-corrected chi connectivity index (χ0v) is 11.7. The molecule has 0 aromatic carbocycles. The van der Waals surface area contributed by atoms with Crippen LogP contribution < -0.4 is 5.32 Å². The van der Waals surface area contributed by atoms with Gasteiger partial charge in [0.05, 0.1) is 12.2 Å². The third-order valence-electron chi connectivity index (χ3n) is 3.28. The molecule has 5 nitrogen and oxygen atoms in total. The molecule has 1 fully saturated rings. The molecule has 0 bridgehead atoms. The molecule has 2 heterocycles. The van der Waals surface area contributed by atoms with Gasteiger partial charge < -0.3 is 10.2 Å². The number of rotatable bonds is 5. The van der Waals surface area contributed by atoms with E-state index in [0.717, 1.165) is 44.1 Å². The van der Waals surface area contributed by atoms with E-state index in [2.05, 4.69) is 22.1 Å². The van der Waals surface area contributed by atoms with Crippen molar-refractivity contribution in [3.05, 3.63) is 23.9 Å². The van der Waals surface area contributed by atoms with Gasteiger partial charge in [-0.2, -0.15) is 0 Å². The Kier molecular flexibility index (Phi) is 4.74. The lowest BCUT2D eigenvalue weighted by Gasteiger charge is -2.31. The molecule has 0 aliphatic carbocycles. The maximum atomic E-state index is 11.7. The molecular formula is C14H22N4O. The number of hydrogen-bond acceptors (Lipinski definition) is 4. The first-order valence-electron chi connectivity index (χ1n) is 6.85. The molecular weight excluding hydrogens is 240 g/mol. The van der Waals surface area contributed by atoms with E-state index >= 15 is 0 Å². The van der Waals surface area contributed by atoms with Crippen molar-refractivity contribution in [1.82, 2.24) is 14.8 Å². The smallest absolute Gasteiger partial charge is 0.236 e. The molecule has 1 amide bonds. The van der Waals surface area contributed by atoms with Gasteiger partial charge >= 0.3 is 0 Å². The number of anilines is 1. The number of piperazine rings is 1. The minimum Gasteiger partial charge on any atom is -0.370 e. The minimum atomic E-state index is 0.187. The highest BCUT2D eigenvalue weighted by Gasteiger charge is 2.21. The molecule has 0 saturated carbocycles. The van der Waals surface area contributed by atoms with Crippen molar-refractivity contribution in [3.63, 3.8) is 0 Å². The van der Waals surface area contributed by atoms with Crippen LogP contribution in [0.15, 0.2) is 18.2 Å². The lowest BCUT2D eigenvalue weighted by Crippen LogP contribution is -2.48. The molecule has 0 radical (unpaired) electrons. The molecule has 1 N–H and O–H groups in total. The monoisotopic (exact) mass is 262 g/mol. The van der Waals surface area contributed by atoms with Crippen LogP contribution in [0.4, 0.5) is 5.82 Å². The lowest BCUT2D eigenvalue weighted by atomic mass is 10.2. The number of nitrogens with zero attached hydrogens (tertiary/aromatic N) is 3. The van der Waals surface area contributed by atoms with E-state index in [-0.39, 0.29) is 5.91 Å². The van der Waals surface area contributed by atoms with Crippen molar-refractivity contribution in [2.24, 2.45) is 0 Å². The summed E-state index contributed by atoms with van der Waals surface area (Å²) >= 11 is 0. The maximum Gasteiger partial charge on any atom is 0.236 e. The molecule has 0 unspecified atom stereocenters. The van der Waals surface area contributed by atoms with Gasteiger partial charge in [-0.1, -0.05) is 13.0 Å². The summed E-state index contributed by atoms with van der Waals surface area (Å²) in [6.07, 6.45) is 1.08. The Morgan fingerprint density at radius 2 is 2.21 bits per heavy atom. The Bertz CT molecular complexity index is 435. The van der Waals surface area contributed by atoms with Crippen LogP contribution >= 0.6 is 0 Å². The van der Waals surface area contributed by atoms with Gasteiger partial charge in [0.1, 0.15) is 5.82 Å². The number of aromatic nitrogens is 1. The molecule has 1 aromatic heterocycles. The van der Waals surface area contributed by atoms with Crippen LogP contribution in [0.25, 0.3) is 0 Å². The standard InChI is InChI=1S/C14H22N4O/c1-3-7-15-13-6-4-5-12(16-13)10-18-9-8-17(2)14(19)11-18/h4-6H,3,7-11H2,1-2H3,(H,15,16). The van der Waals surface area contributed by atoms with Gasteiger partial charge in [-0.3, -0.25) is 9.69 Å². The largest absolute Gasteiger partial charge is 0.370 e. The van der Waals surface area contributed by atoms with Crippen LogP contribution in [0.1, 0.15) is 19.0 Å². The SMILES string of the molecule is CCCNc1cccc(CN2CCN(C)C(=O)C2)n1. The molecule has 2 rings (SSSR count). The van der Waals surface area contributed by atoms with Crippen LogP contribution in [0.2, 0.25) is 0 Å². The molecule has 1 saturated heterocycles. The summed E-state index contributed by atoms with van der Waals surface area (Å²) < 4.78 is 0. The van der Waals surface area contributed by atoms with E-state index in [9.17, 15) is 4.79 Å². The third-order valence-corrected chi connectivity index (χ3v) is 3.28. The van der Waals surface area contributed by atoms with Gasteiger partial charge in [-0.05, 0) is 18.6 Å². The fraction of sp³-hybridized carbons (Fsp3) is 0.571. The first-order chi connectivity index (χ1) is 9.19. The predicted molar refractivity (Wildman–Crippen MR) is 75.9 cm³/mol. The zero-order chi connectivity index (χ0) is 13.7. The second kappa shape index (κ2) is 6.52. The molecule has 1 aromatic rings. The Morgan fingerprint density at radius 3 is 2.95 bits per heavy atom. The summed E-state index contributed by atoms with van der Waals surface area (Å²) in [6, 6.07) is 6.01. The minimum absolute atomic E-state index is 0.187. The van der Waals surface area contributed by atoms with Gasteiger partial charge in [0.25, 0.3) is 0 Å². The molecule has 0 atom stereocenters. The summed E-state index contributed by atoms with van der Waals surface area (Å²) in [4.78, 5) is 20.2. The van der Waals surface area contributed by atoms with Crippen LogP contribution in [-0.4, -0.2) is 53.9 Å². The molecule has 5 heteroatoms. The van der Waals surface area contributed by atoms with E-state index in [0.29, 0.717) is 6.54 Å². The quantitative estimate of drug-likeness (QED) is 0.865. The van der Waals surface area contributed by atoms with Gasteiger partial charge in [0, 0.05) is 33.2 Å². The highest BCUT2D eigenvalue weighted by atomic mass is 16.2. The second-order valence-corrected chi connectivity index (χ2v) is 4.97. The number of pyridine rings is 1. The maximum absolute atomic E-state index is 11.7. The van der Waals surface area contributed by atoms with Crippen molar-refractivity contribution < 1.29 is 4.79 Å². The summed E-state index contributed by atoms with van der Waals surface area (Å²) in [6.45, 7) is 6.01. The lowest BCUT2D eigenvalue weighted by molar-refractivity contribution is -0.134. The van der Waals surface area contributed by atoms with Crippen molar-refractivity contribution >= 4 is 11.7 Å². The summed E-state index contributed by atoms with van der Waals surface area (Å²) in [7, 11) is 1.85. The van der Waals surface area contributed by atoms with Gasteiger partial charge in [0.2, 0.25) is 5.91 Å². The first-order valence-corrected chi connectivity index (χ1v) is 6.85. The third kappa shape index (κ3) is 3.92. The topological polar surface area (TPSA) is 48.5 Å². The Morgan fingerprint density at radius 1 is 1.37 bits per heavy atom. The van der Waals surface area contributed by atoms with E-state index in [1.807, 2.05) is 25.2 Å². The molecule has 19 heavy (non-hydrogen) atoms. The van der Waals surface area contributed by atoms with E-state index < -0.39 is 0 Å². The summed E-state index contributed by atoms with van der Waals surface area (Å²) in [5.41, 5.74) is 1.01. The summed E-state index contributed by atoms with van der Waals surface area (Å²) in [5.74, 6) is 1.10. The van der Waals surface area contributed by atoms with Crippen LogP contribution in [-0.2, 0) is 11.3 Å². The van der Waals surface area contributed by atoms with E-state index in [4.69, 9.17) is 0 Å². The Labute approximate surface area is 114 Å². The van der Waals surface area contributed by atoms with Crippen LogP contribution in [0, 0.1) is 0 Å². The molecule has 1 aliphatic rings. The van der Waals surface area contributed by atoms with Gasteiger partial charge in [0.15, 0.2) is 0 Å². The number of likely N-dealkylation sites (N-methyl/N-ethyl adjacent to an activating group) is 1. The number of nitrogens with one attached hydrogen (secondary N) is 1. The van der Waals surface area contributed by atoms with Gasteiger partial charge in [-0.25, -0.2) is 4.98 Å². The number of amides is 1. The number of hydrogen-bond donors (Lipinski definition) is 1. The highest BCUT2D eigenvalue weighted by Crippen LogP contribution is 2.09. The highest BCUT2D eigenvalue weighted by molar-refractivity contribution is 5.78. The van der Waals surface area contributed by atoms with Crippen molar-refractivity contribution in [3.8, 4) is 0 Å². The molecule has 104 valence electrons. The summed E-state index contributed by atoms with van der Waals surface area (Å²) in [5, 5.41) is 3.28. The molecule has 1 aliphatic heterocycles. The van der Waals surface area contributed by atoms with Crippen LogP contribution in [0.5, 0.6) is 0 Å².